The Hall–Kier alpha value is -2.34. The molecule has 0 radical (unpaired) electrons. The molecular weight excluding hydrogens is 348 g/mol. The van der Waals surface area contributed by atoms with Gasteiger partial charge in [0.2, 0.25) is 0 Å². The van der Waals surface area contributed by atoms with Crippen LogP contribution in [0.3, 0.4) is 0 Å². The third kappa shape index (κ3) is 2.69. The number of aryl methyl sites for hydroxylation is 1. The maximum Gasteiger partial charge on any atom is 0.328 e. The molecule has 0 atom stereocenters. The fourth-order valence-corrected chi connectivity index (χ4v) is 2.73. The Morgan fingerprint density at radius 2 is 1.91 bits per heavy atom. The van der Waals surface area contributed by atoms with Crippen molar-refractivity contribution < 1.29 is 4.74 Å². The highest BCUT2D eigenvalue weighted by molar-refractivity contribution is 9.10. The van der Waals surface area contributed by atoms with E-state index in [-0.39, 0.29) is 0 Å². The van der Waals surface area contributed by atoms with Crippen molar-refractivity contribution in [1.82, 2.24) is 9.55 Å². The van der Waals surface area contributed by atoms with Crippen molar-refractivity contribution in [2.24, 2.45) is 7.05 Å². The van der Waals surface area contributed by atoms with Crippen LogP contribution >= 0.6 is 15.9 Å². The fraction of sp³-hybridized carbons (Fsp3) is 0.125. The lowest BCUT2D eigenvalue weighted by atomic mass is 10.2. The lowest BCUT2D eigenvalue weighted by Crippen LogP contribution is -2.28. The maximum atomic E-state index is 12.0. The topological polar surface area (TPSA) is 64.1 Å². The van der Waals surface area contributed by atoms with E-state index in [2.05, 4.69) is 20.9 Å². The second kappa shape index (κ2) is 5.81. The van der Waals surface area contributed by atoms with E-state index in [9.17, 15) is 9.59 Å². The maximum absolute atomic E-state index is 12.0. The van der Waals surface area contributed by atoms with Gasteiger partial charge in [0.25, 0.3) is 5.56 Å². The molecule has 0 amide bonds. The molecule has 0 saturated carbocycles. The van der Waals surface area contributed by atoms with Gasteiger partial charge in [-0.25, -0.2) is 4.79 Å². The van der Waals surface area contributed by atoms with Crippen molar-refractivity contribution in [2.45, 2.75) is 6.61 Å². The van der Waals surface area contributed by atoms with Crippen LogP contribution in [0.25, 0.3) is 10.9 Å². The van der Waals surface area contributed by atoms with E-state index < -0.39 is 11.2 Å². The molecule has 112 valence electrons. The van der Waals surface area contributed by atoms with Crippen LogP contribution in [0, 0.1) is 0 Å². The molecular formula is C16H13BrN2O3. The number of H-pyrrole nitrogens is 1. The summed E-state index contributed by atoms with van der Waals surface area (Å²) in [5, 5.41) is 0.402. The quantitative estimate of drug-likeness (QED) is 0.780. The summed E-state index contributed by atoms with van der Waals surface area (Å²) in [4.78, 5) is 26.1. The van der Waals surface area contributed by atoms with Gasteiger partial charge in [-0.15, -0.1) is 0 Å². The first-order valence-corrected chi connectivity index (χ1v) is 7.45. The number of fused-ring (bicyclic) bond motifs is 1. The van der Waals surface area contributed by atoms with E-state index >= 15 is 0 Å². The number of hydrogen-bond acceptors (Lipinski definition) is 3. The summed E-state index contributed by atoms with van der Waals surface area (Å²) in [6.07, 6.45) is 0. The third-order valence-corrected chi connectivity index (χ3v) is 3.84. The first-order valence-electron chi connectivity index (χ1n) is 6.65. The van der Waals surface area contributed by atoms with Crippen molar-refractivity contribution in [2.75, 3.05) is 0 Å². The summed E-state index contributed by atoms with van der Waals surface area (Å²) in [6, 6.07) is 13.1. The van der Waals surface area contributed by atoms with E-state index in [1.807, 2.05) is 30.3 Å². The highest BCUT2D eigenvalue weighted by Gasteiger charge is 2.12. The SMILES string of the molecule is Cn1c(=O)[nH]c(=O)c2cc(Br)cc(OCc3ccccc3)c21. The van der Waals surface area contributed by atoms with Crippen molar-refractivity contribution in [3.05, 3.63) is 73.3 Å². The minimum absolute atomic E-state index is 0.355. The zero-order valence-electron chi connectivity index (χ0n) is 11.8. The normalized spacial score (nSPS) is 10.8. The van der Waals surface area contributed by atoms with E-state index in [1.165, 1.54) is 4.57 Å². The predicted octanol–water partition coefficient (Wildman–Crippen LogP) is 2.57. The first-order chi connectivity index (χ1) is 10.6. The van der Waals surface area contributed by atoms with Crippen molar-refractivity contribution in [1.29, 1.82) is 0 Å². The van der Waals surface area contributed by atoms with Gasteiger partial charge in [-0.2, -0.15) is 0 Å². The number of rotatable bonds is 3. The van der Waals surface area contributed by atoms with Crippen LogP contribution in [-0.2, 0) is 13.7 Å². The number of hydrogen-bond donors (Lipinski definition) is 1. The van der Waals surface area contributed by atoms with Crippen molar-refractivity contribution in [3.8, 4) is 5.75 Å². The Labute approximate surface area is 134 Å². The summed E-state index contributed by atoms with van der Waals surface area (Å²) in [5.74, 6) is 0.485. The lowest BCUT2D eigenvalue weighted by molar-refractivity contribution is 0.308. The molecule has 5 nitrogen and oxygen atoms in total. The minimum atomic E-state index is -0.468. The molecule has 0 aliphatic rings. The molecule has 0 fully saturated rings. The van der Waals surface area contributed by atoms with Gasteiger partial charge in [-0.3, -0.25) is 14.3 Å². The molecule has 0 saturated heterocycles. The van der Waals surface area contributed by atoms with Crippen LogP contribution in [0.5, 0.6) is 5.75 Å². The largest absolute Gasteiger partial charge is 0.487 e. The van der Waals surface area contributed by atoms with Crippen molar-refractivity contribution >= 4 is 26.8 Å². The van der Waals surface area contributed by atoms with Gasteiger partial charge in [-0.1, -0.05) is 46.3 Å². The smallest absolute Gasteiger partial charge is 0.328 e. The Morgan fingerprint density at radius 3 is 2.64 bits per heavy atom. The molecule has 0 bridgehead atoms. The Morgan fingerprint density at radius 1 is 1.18 bits per heavy atom. The van der Waals surface area contributed by atoms with Crippen LogP contribution in [0.15, 0.2) is 56.5 Å². The van der Waals surface area contributed by atoms with Gasteiger partial charge in [0.1, 0.15) is 17.9 Å². The summed E-state index contributed by atoms with van der Waals surface area (Å²) in [5.41, 5.74) is 0.590. The number of aromatic amines is 1. The monoisotopic (exact) mass is 360 g/mol. The molecule has 3 aromatic rings. The fourth-order valence-electron chi connectivity index (χ4n) is 2.29. The van der Waals surface area contributed by atoms with Gasteiger partial charge in [-0.05, 0) is 17.7 Å². The number of aromatic nitrogens is 2. The van der Waals surface area contributed by atoms with Crippen LogP contribution < -0.4 is 16.0 Å². The number of nitrogens with zero attached hydrogens (tertiary/aromatic N) is 1. The van der Waals surface area contributed by atoms with Crippen LogP contribution in [0.4, 0.5) is 0 Å². The first kappa shape index (κ1) is 14.6. The van der Waals surface area contributed by atoms with E-state index in [0.29, 0.717) is 27.7 Å². The van der Waals surface area contributed by atoms with Crippen molar-refractivity contribution in [3.63, 3.8) is 0 Å². The van der Waals surface area contributed by atoms with Crippen LogP contribution in [0.1, 0.15) is 5.56 Å². The standard InChI is InChI=1S/C16H13BrN2O3/c1-19-14-12(15(20)18-16(19)21)7-11(17)8-13(14)22-9-10-5-3-2-4-6-10/h2-8H,9H2,1H3,(H,18,20,21). The number of halogens is 1. The van der Waals surface area contributed by atoms with Gasteiger partial charge in [0.15, 0.2) is 0 Å². The number of benzene rings is 2. The molecule has 3 rings (SSSR count). The number of nitrogens with one attached hydrogen (secondary N) is 1. The van der Waals surface area contributed by atoms with E-state index in [4.69, 9.17) is 4.74 Å². The van der Waals surface area contributed by atoms with Gasteiger partial charge < -0.3 is 4.74 Å². The zero-order valence-corrected chi connectivity index (χ0v) is 13.4. The lowest BCUT2D eigenvalue weighted by Gasteiger charge is -2.12. The summed E-state index contributed by atoms with van der Waals surface area (Å²) in [6.45, 7) is 0.355. The van der Waals surface area contributed by atoms with Crippen LogP contribution in [-0.4, -0.2) is 9.55 Å². The van der Waals surface area contributed by atoms with Gasteiger partial charge in [0, 0.05) is 11.5 Å². The van der Waals surface area contributed by atoms with Gasteiger partial charge in [0.05, 0.1) is 5.39 Å². The second-order valence-corrected chi connectivity index (χ2v) is 5.81. The Balaban J connectivity index is 2.12. The number of ether oxygens (including phenoxy) is 1. The molecule has 0 unspecified atom stereocenters. The second-order valence-electron chi connectivity index (χ2n) is 4.89. The van der Waals surface area contributed by atoms with Gasteiger partial charge >= 0.3 is 5.69 Å². The molecule has 1 aromatic heterocycles. The third-order valence-electron chi connectivity index (χ3n) is 3.38. The average molecular weight is 361 g/mol. The molecule has 6 heteroatoms. The molecule has 2 aromatic carbocycles. The van der Waals surface area contributed by atoms with Crippen LogP contribution in [0.2, 0.25) is 0 Å². The molecule has 22 heavy (non-hydrogen) atoms. The van der Waals surface area contributed by atoms with E-state index in [1.54, 1.807) is 19.2 Å². The zero-order chi connectivity index (χ0) is 15.7. The summed E-state index contributed by atoms with van der Waals surface area (Å²) in [7, 11) is 1.60. The molecule has 0 spiro atoms. The van der Waals surface area contributed by atoms with E-state index in [0.717, 1.165) is 5.56 Å². The predicted molar refractivity (Wildman–Crippen MR) is 88.3 cm³/mol. The summed E-state index contributed by atoms with van der Waals surface area (Å²) < 4.78 is 7.93. The average Bonchev–Trinajstić information content (AvgIpc) is 2.51. The Kier molecular flexibility index (Phi) is 3.85. The highest BCUT2D eigenvalue weighted by Crippen LogP contribution is 2.28. The minimum Gasteiger partial charge on any atom is -0.487 e. The molecule has 0 aliphatic carbocycles. The molecule has 0 aliphatic heterocycles. The molecule has 1 heterocycles. The molecule has 1 N–H and O–H groups in total. The highest BCUT2D eigenvalue weighted by atomic mass is 79.9. The Bertz CT molecular complexity index is 945. The summed E-state index contributed by atoms with van der Waals surface area (Å²) >= 11 is 3.37.